The molecule has 0 atom stereocenters. The van der Waals surface area contributed by atoms with Crippen LogP contribution in [0.1, 0.15) is 32.1 Å². The Morgan fingerprint density at radius 2 is 2.13 bits per heavy atom. The molecule has 86 valence electrons. The van der Waals surface area contributed by atoms with Gasteiger partial charge in [-0.15, -0.1) is 0 Å². The first kappa shape index (κ1) is 10.7. The molecule has 0 aromatic rings. The number of nitrogens with zero attached hydrogens (tertiary/aromatic N) is 1. The molecule has 0 heterocycles. The molecule has 5 N–H and O–H groups in total. The van der Waals surface area contributed by atoms with Crippen molar-refractivity contribution in [3.05, 3.63) is 0 Å². The smallest absolute Gasteiger partial charge is 0.139 e. The molecule has 0 amide bonds. The number of oxime groups is 1. The monoisotopic (exact) mass is 213 g/mol. The van der Waals surface area contributed by atoms with E-state index in [1.807, 2.05) is 0 Å². The van der Waals surface area contributed by atoms with Crippen molar-refractivity contribution in [2.75, 3.05) is 6.54 Å². The van der Waals surface area contributed by atoms with Crippen LogP contribution < -0.4 is 11.1 Å². The first-order valence-corrected chi connectivity index (χ1v) is 5.51. The predicted molar refractivity (Wildman–Crippen MR) is 56.7 cm³/mol. The van der Waals surface area contributed by atoms with Gasteiger partial charge >= 0.3 is 0 Å². The Bertz CT molecular complexity index is 257. The van der Waals surface area contributed by atoms with Crippen molar-refractivity contribution < 1.29 is 10.3 Å². The van der Waals surface area contributed by atoms with Crippen LogP contribution in [0.4, 0.5) is 0 Å². The first-order chi connectivity index (χ1) is 7.13. The number of nitrogens with two attached hydrogens (primary N) is 1. The van der Waals surface area contributed by atoms with Crippen LogP contribution in [0.15, 0.2) is 5.16 Å². The zero-order chi connectivity index (χ0) is 10.9. The van der Waals surface area contributed by atoms with Gasteiger partial charge in [0.25, 0.3) is 0 Å². The largest absolute Gasteiger partial charge is 0.409 e. The summed E-state index contributed by atoms with van der Waals surface area (Å²) in [5.74, 6) is 0.322. The standard InChI is InChI=1S/C10H19N3O2/c11-9(13-15)5-10(1-2-10)6-12-7-3-8(14)4-7/h7-8,12,14-15H,1-6H2,(H2,11,13). The molecule has 0 aliphatic heterocycles. The number of rotatable bonds is 5. The quantitative estimate of drug-likeness (QED) is 0.224. The van der Waals surface area contributed by atoms with Crippen LogP contribution in [0.3, 0.4) is 0 Å². The Morgan fingerprint density at radius 3 is 2.60 bits per heavy atom. The summed E-state index contributed by atoms with van der Waals surface area (Å²) in [4.78, 5) is 0. The second-order valence-electron chi connectivity index (χ2n) is 4.97. The first-order valence-electron chi connectivity index (χ1n) is 5.51. The van der Waals surface area contributed by atoms with E-state index in [0.29, 0.717) is 18.3 Å². The second kappa shape index (κ2) is 3.98. The van der Waals surface area contributed by atoms with E-state index >= 15 is 0 Å². The number of hydrogen-bond acceptors (Lipinski definition) is 4. The van der Waals surface area contributed by atoms with Gasteiger partial charge in [0.05, 0.1) is 6.10 Å². The molecule has 0 saturated heterocycles. The van der Waals surface area contributed by atoms with Crippen molar-refractivity contribution in [3.63, 3.8) is 0 Å². The Labute approximate surface area is 89.3 Å². The zero-order valence-corrected chi connectivity index (χ0v) is 8.82. The molecular formula is C10H19N3O2. The van der Waals surface area contributed by atoms with Crippen LogP contribution >= 0.6 is 0 Å². The molecule has 15 heavy (non-hydrogen) atoms. The van der Waals surface area contributed by atoms with E-state index in [-0.39, 0.29) is 11.5 Å². The lowest BCUT2D eigenvalue weighted by Crippen LogP contribution is -2.46. The van der Waals surface area contributed by atoms with Crippen LogP contribution in [0.25, 0.3) is 0 Å². The third-order valence-corrected chi connectivity index (χ3v) is 3.52. The maximum Gasteiger partial charge on any atom is 0.139 e. The molecule has 2 fully saturated rings. The Morgan fingerprint density at radius 1 is 1.47 bits per heavy atom. The van der Waals surface area contributed by atoms with Crippen LogP contribution in [0.2, 0.25) is 0 Å². The van der Waals surface area contributed by atoms with Gasteiger partial charge in [0.15, 0.2) is 0 Å². The van der Waals surface area contributed by atoms with Gasteiger partial charge in [-0.3, -0.25) is 0 Å². The lowest BCUT2D eigenvalue weighted by atomic mass is 9.88. The molecule has 2 aliphatic carbocycles. The summed E-state index contributed by atoms with van der Waals surface area (Å²) < 4.78 is 0. The number of aliphatic hydroxyl groups is 1. The molecule has 0 bridgehead atoms. The minimum Gasteiger partial charge on any atom is -0.409 e. The molecule has 0 unspecified atom stereocenters. The molecule has 2 saturated carbocycles. The third kappa shape index (κ3) is 2.60. The molecule has 0 aromatic heterocycles. The number of nitrogens with one attached hydrogen (secondary N) is 1. The average molecular weight is 213 g/mol. The highest BCUT2D eigenvalue weighted by Gasteiger charge is 2.44. The maximum absolute atomic E-state index is 9.13. The summed E-state index contributed by atoms with van der Waals surface area (Å²) in [6.07, 6.45) is 4.57. The fourth-order valence-corrected chi connectivity index (χ4v) is 2.13. The van der Waals surface area contributed by atoms with E-state index in [0.717, 1.165) is 32.2 Å². The van der Waals surface area contributed by atoms with Crippen molar-refractivity contribution in [2.24, 2.45) is 16.3 Å². The van der Waals surface area contributed by atoms with E-state index in [2.05, 4.69) is 10.5 Å². The van der Waals surface area contributed by atoms with Gasteiger partial charge in [-0.2, -0.15) is 0 Å². The fraction of sp³-hybridized carbons (Fsp3) is 0.900. The van der Waals surface area contributed by atoms with Gasteiger partial charge in [0.2, 0.25) is 0 Å². The topological polar surface area (TPSA) is 90.9 Å². The van der Waals surface area contributed by atoms with E-state index in [9.17, 15) is 0 Å². The summed E-state index contributed by atoms with van der Waals surface area (Å²) in [6, 6.07) is 0.463. The summed E-state index contributed by atoms with van der Waals surface area (Å²) in [5.41, 5.74) is 5.73. The van der Waals surface area contributed by atoms with E-state index in [4.69, 9.17) is 16.0 Å². The van der Waals surface area contributed by atoms with E-state index in [1.54, 1.807) is 0 Å². The van der Waals surface area contributed by atoms with Gasteiger partial charge < -0.3 is 21.4 Å². The molecule has 0 aromatic carbocycles. The lowest BCUT2D eigenvalue weighted by Gasteiger charge is -2.33. The van der Waals surface area contributed by atoms with Gasteiger partial charge in [-0.25, -0.2) is 0 Å². The molecule has 2 aliphatic rings. The van der Waals surface area contributed by atoms with Gasteiger partial charge in [0, 0.05) is 19.0 Å². The highest BCUT2D eigenvalue weighted by molar-refractivity contribution is 5.80. The number of amidine groups is 1. The summed E-state index contributed by atoms with van der Waals surface area (Å²) in [6.45, 7) is 0.917. The fourth-order valence-electron chi connectivity index (χ4n) is 2.13. The summed E-state index contributed by atoms with van der Waals surface area (Å²) >= 11 is 0. The Balaban J connectivity index is 1.70. The minimum atomic E-state index is -0.110. The van der Waals surface area contributed by atoms with Crippen molar-refractivity contribution in [1.82, 2.24) is 5.32 Å². The molecule has 0 spiro atoms. The SMILES string of the molecule is NC(CC1(CNC2CC(O)C2)CC1)=NO. The van der Waals surface area contributed by atoms with Gasteiger partial charge in [0.1, 0.15) is 5.84 Å². The number of aliphatic hydroxyl groups excluding tert-OH is 1. The van der Waals surface area contributed by atoms with Crippen molar-refractivity contribution in [2.45, 2.75) is 44.2 Å². The van der Waals surface area contributed by atoms with Gasteiger partial charge in [-0.1, -0.05) is 5.16 Å². The highest BCUT2D eigenvalue weighted by Crippen LogP contribution is 2.48. The zero-order valence-electron chi connectivity index (χ0n) is 8.82. The van der Waals surface area contributed by atoms with Gasteiger partial charge in [-0.05, 0) is 31.1 Å². The normalized spacial score (nSPS) is 33.5. The maximum atomic E-state index is 9.13. The highest BCUT2D eigenvalue weighted by atomic mass is 16.4. The minimum absolute atomic E-state index is 0.110. The van der Waals surface area contributed by atoms with Crippen molar-refractivity contribution in [1.29, 1.82) is 0 Å². The average Bonchev–Trinajstić information content (AvgIpc) is 2.91. The summed E-state index contributed by atoms with van der Waals surface area (Å²) in [7, 11) is 0. The van der Waals surface area contributed by atoms with Crippen LogP contribution in [-0.2, 0) is 0 Å². The molecule has 2 rings (SSSR count). The van der Waals surface area contributed by atoms with Crippen LogP contribution in [0, 0.1) is 5.41 Å². The molecule has 5 nitrogen and oxygen atoms in total. The van der Waals surface area contributed by atoms with Crippen LogP contribution in [0.5, 0.6) is 0 Å². The molecule has 0 radical (unpaired) electrons. The van der Waals surface area contributed by atoms with Crippen LogP contribution in [-0.4, -0.2) is 34.8 Å². The van der Waals surface area contributed by atoms with Crippen molar-refractivity contribution >= 4 is 5.84 Å². The van der Waals surface area contributed by atoms with E-state index < -0.39 is 0 Å². The predicted octanol–water partition coefficient (Wildman–Crippen LogP) is 0.0160. The second-order valence-corrected chi connectivity index (χ2v) is 4.97. The summed E-state index contributed by atoms with van der Waals surface area (Å²) in [5, 5.41) is 24.1. The number of hydrogen-bond donors (Lipinski definition) is 4. The molecular weight excluding hydrogens is 194 g/mol. The Kier molecular flexibility index (Phi) is 2.84. The molecule has 5 heteroatoms. The van der Waals surface area contributed by atoms with Crippen molar-refractivity contribution in [3.8, 4) is 0 Å². The Hall–Kier alpha value is -0.810. The third-order valence-electron chi connectivity index (χ3n) is 3.52. The lowest BCUT2D eigenvalue weighted by molar-refractivity contribution is 0.0605. The van der Waals surface area contributed by atoms with E-state index in [1.165, 1.54) is 0 Å².